The van der Waals surface area contributed by atoms with Gasteiger partial charge in [0.1, 0.15) is 5.82 Å². The third-order valence-corrected chi connectivity index (χ3v) is 3.57. The fourth-order valence-electron chi connectivity index (χ4n) is 2.60. The lowest BCUT2D eigenvalue weighted by atomic mass is 10.1. The number of methoxy groups -OCH3 is 1. The first-order valence-corrected chi connectivity index (χ1v) is 7.31. The van der Waals surface area contributed by atoms with Crippen LogP contribution in [0.3, 0.4) is 0 Å². The van der Waals surface area contributed by atoms with Crippen LogP contribution in [-0.2, 0) is 16.0 Å². The molecule has 0 atom stereocenters. The van der Waals surface area contributed by atoms with E-state index in [9.17, 15) is 0 Å². The fraction of sp³-hybridized carbons (Fsp3) is 0.733. The first kappa shape index (κ1) is 15.4. The first-order chi connectivity index (χ1) is 9.67. The van der Waals surface area contributed by atoms with Crippen LogP contribution in [-0.4, -0.2) is 54.4 Å². The summed E-state index contributed by atoms with van der Waals surface area (Å²) >= 11 is 0. The van der Waals surface area contributed by atoms with Crippen LogP contribution in [0.25, 0.3) is 0 Å². The summed E-state index contributed by atoms with van der Waals surface area (Å²) in [4.78, 5) is 11.4. The van der Waals surface area contributed by atoms with Crippen molar-refractivity contribution in [2.45, 2.75) is 39.3 Å². The molecule has 0 aromatic carbocycles. The zero-order valence-corrected chi connectivity index (χ0v) is 12.8. The van der Waals surface area contributed by atoms with Gasteiger partial charge in [0.05, 0.1) is 25.9 Å². The van der Waals surface area contributed by atoms with Crippen molar-refractivity contribution < 1.29 is 9.47 Å². The van der Waals surface area contributed by atoms with E-state index < -0.39 is 0 Å². The Morgan fingerprint density at radius 2 is 1.80 bits per heavy atom. The molecule has 5 nitrogen and oxygen atoms in total. The van der Waals surface area contributed by atoms with Crippen molar-refractivity contribution in [2.24, 2.45) is 0 Å². The van der Waals surface area contributed by atoms with Crippen molar-refractivity contribution in [3.05, 3.63) is 23.3 Å². The zero-order valence-electron chi connectivity index (χ0n) is 12.8. The number of nitrogens with zero attached hydrogens (tertiary/aromatic N) is 3. The number of aromatic nitrogens is 2. The van der Waals surface area contributed by atoms with E-state index in [1.165, 1.54) is 0 Å². The summed E-state index contributed by atoms with van der Waals surface area (Å²) in [7, 11) is 1.70. The molecule has 1 saturated heterocycles. The molecule has 1 aromatic rings. The zero-order chi connectivity index (χ0) is 14.4. The van der Waals surface area contributed by atoms with Crippen molar-refractivity contribution >= 4 is 0 Å². The van der Waals surface area contributed by atoms with E-state index in [4.69, 9.17) is 9.47 Å². The third kappa shape index (κ3) is 4.81. The van der Waals surface area contributed by atoms with Crippen molar-refractivity contribution in [3.8, 4) is 0 Å². The van der Waals surface area contributed by atoms with Gasteiger partial charge in [-0.2, -0.15) is 0 Å². The summed E-state index contributed by atoms with van der Waals surface area (Å²) in [5.41, 5.74) is 2.09. The van der Waals surface area contributed by atoms with Crippen molar-refractivity contribution in [3.63, 3.8) is 0 Å². The molecule has 0 bridgehead atoms. The molecule has 0 saturated carbocycles. The average molecular weight is 279 g/mol. The van der Waals surface area contributed by atoms with Gasteiger partial charge in [-0.05, 0) is 32.8 Å². The van der Waals surface area contributed by atoms with Gasteiger partial charge in [-0.25, -0.2) is 9.97 Å². The Bertz CT molecular complexity index is 397. The molecule has 0 radical (unpaired) electrons. The summed E-state index contributed by atoms with van der Waals surface area (Å²) in [6.45, 7) is 8.36. The number of ether oxygens (including phenoxy) is 2. The maximum absolute atomic E-state index is 5.78. The number of likely N-dealkylation sites (tertiary alicyclic amines) is 1. The predicted molar refractivity (Wildman–Crippen MR) is 77.6 cm³/mol. The second-order valence-electron chi connectivity index (χ2n) is 5.41. The van der Waals surface area contributed by atoms with Gasteiger partial charge in [0, 0.05) is 31.6 Å². The Kier molecular flexibility index (Phi) is 5.88. The Hall–Kier alpha value is -1.04. The highest BCUT2D eigenvalue weighted by Crippen LogP contribution is 2.15. The predicted octanol–water partition coefficient (Wildman–Crippen LogP) is 1.72. The maximum atomic E-state index is 5.78. The van der Waals surface area contributed by atoms with E-state index in [0.717, 1.165) is 49.7 Å². The summed E-state index contributed by atoms with van der Waals surface area (Å²) in [6.07, 6.45) is 2.53. The van der Waals surface area contributed by atoms with Gasteiger partial charge in [-0.15, -0.1) is 0 Å². The van der Waals surface area contributed by atoms with Gasteiger partial charge in [0.2, 0.25) is 0 Å². The molecule has 1 aliphatic heterocycles. The van der Waals surface area contributed by atoms with Crippen LogP contribution in [0.4, 0.5) is 0 Å². The molecular formula is C15H25N3O2. The second kappa shape index (κ2) is 7.67. The molecule has 0 N–H and O–H groups in total. The molecule has 0 aliphatic carbocycles. The normalized spacial score (nSPS) is 17.6. The van der Waals surface area contributed by atoms with E-state index in [0.29, 0.717) is 19.3 Å². The van der Waals surface area contributed by atoms with E-state index >= 15 is 0 Å². The highest BCUT2D eigenvalue weighted by Gasteiger charge is 2.20. The van der Waals surface area contributed by atoms with E-state index in [1.54, 1.807) is 7.11 Å². The molecule has 1 aromatic heterocycles. The number of aryl methyl sites for hydroxylation is 2. The minimum Gasteiger partial charge on any atom is -0.382 e. The average Bonchev–Trinajstić information content (AvgIpc) is 2.40. The molecule has 1 fully saturated rings. The van der Waals surface area contributed by atoms with Crippen LogP contribution < -0.4 is 0 Å². The number of piperidine rings is 1. The maximum Gasteiger partial charge on any atom is 0.142 e. The summed E-state index contributed by atoms with van der Waals surface area (Å²) in [6, 6.07) is 2.01. The van der Waals surface area contributed by atoms with Gasteiger partial charge >= 0.3 is 0 Å². The number of hydrogen-bond donors (Lipinski definition) is 0. The number of rotatable bonds is 6. The van der Waals surface area contributed by atoms with Crippen LogP contribution in [0.2, 0.25) is 0 Å². The first-order valence-electron chi connectivity index (χ1n) is 7.31. The van der Waals surface area contributed by atoms with Crippen LogP contribution in [0.1, 0.15) is 30.1 Å². The van der Waals surface area contributed by atoms with Crippen LogP contribution in [0.5, 0.6) is 0 Å². The smallest absolute Gasteiger partial charge is 0.142 e. The lowest BCUT2D eigenvalue weighted by Gasteiger charge is -2.31. The highest BCUT2D eigenvalue weighted by atomic mass is 16.5. The standard InChI is InChI=1S/C15H25N3O2/c1-12-10-13(2)17-15(16-12)11-18-6-4-14(5-7-18)20-9-8-19-3/h10,14H,4-9,11H2,1-3H3. The van der Waals surface area contributed by atoms with Crippen molar-refractivity contribution in [2.75, 3.05) is 33.4 Å². The summed E-state index contributed by atoms with van der Waals surface area (Å²) in [5.74, 6) is 0.932. The van der Waals surface area contributed by atoms with E-state index in [-0.39, 0.29) is 0 Å². The summed E-state index contributed by atoms with van der Waals surface area (Å²) < 4.78 is 10.8. The molecule has 112 valence electrons. The van der Waals surface area contributed by atoms with Crippen LogP contribution in [0.15, 0.2) is 6.07 Å². The highest BCUT2D eigenvalue weighted by molar-refractivity contribution is 5.08. The fourth-order valence-corrected chi connectivity index (χ4v) is 2.60. The Balaban J connectivity index is 1.76. The number of hydrogen-bond acceptors (Lipinski definition) is 5. The van der Waals surface area contributed by atoms with E-state index in [2.05, 4.69) is 14.9 Å². The van der Waals surface area contributed by atoms with E-state index in [1.807, 2.05) is 19.9 Å². The lowest BCUT2D eigenvalue weighted by molar-refractivity contribution is -0.0161. The van der Waals surface area contributed by atoms with Crippen molar-refractivity contribution in [1.82, 2.24) is 14.9 Å². The SMILES string of the molecule is COCCOC1CCN(Cc2nc(C)cc(C)n2)CC1. The Morgan fingerprint density at radius 3 is 2.40 bits per heavy atom. The largest absolute Gasteiger partial charge is 0.382 e. The summed E-state index contributed by atoms with van der Waals surface area (Å²) in [5, 5.41) is 0. The second-order valence-corrected chi connectivity index (χ2v) is 5.41. The van der Waals surface area contributed by atoms with Crippen molar-refractivity contribution in [1.29, 1.82) is 0 Å². The molecule has 5 heteroatoms. The van der Waals surface area contributed by atoms with Gasteiger partial charge < -0.3 is 9.47 Å². The molecular weight excluding hydrogens is 254 g/mol. The monoisotopic (exact) mass is 279 g/mol. The quantitative estimate of drug-likeness (QED) is 0.742. The van der Waals surface area contributed by atoms with Crippen LogP contribution in [0, 0.1) is 13.8 Å². The Labute approximate surface area is 121 Å². The Morgan fingerprint density at radius 1 is 1.15 bits per heavy atom. The van der Waals surface area contributed by atoms with Gasteiger partial charge in [0.25, 0.3) is 0 Å². The molecule has 2 heterocycles. The minimum atomic E-state index is 0.376. The van der Waals surface area contributed by atoms with Gasteiger partial charge in [-0.1, -0.05) is 0 Å². The molecule has 2 rings (SSSR count). The molecule has 0 amide bonds. The molecule has 0 spiro atoms. The van der Waals surface area contributed by atoms with Gasteiger partial charge in [-0.3, -0.25) is 4.90 Å². The van der Waals surface area contributed by atoms with Gasteiger partial charge in [0.15, 0.2) is 0 Å². The molecule has 1 aliphatic rings. The molecule has 0 unspecified atom stereocenters. The molecule has 20 heavy (non-hydrogen) atoms. The topological polar surface area (TPSA) is 47.5 Å². The minimum absolute atomic E-state index is 0.376. The lowest BCUT2D eigenvalue weighted by Crippen LogP contribution is -2.37. The third-order valence-electron chi connectivity index (χ3n) is 3.57. The van der Waals surface area contributed by atoms with Crippen LogP contribution >= 0.6 is 0 Å².